The van der Waals surface area contributed by atoms with Gasteiger partial charge < -0.3 is 14.5 Å². The lowest BCUT2D eigenvalue weighted by molar-refractivity contribution is -0.130. The molecule has 0 aliphatic carbocycles. The van der Waals surface area contributed by atoms with Crippen molar-refractivity contribution < 1.29 is 17.9 Å². The number of carbonyl (C=O) groups excluding carboxylic acids is 1. The molecule has 3 heterocycles. The van der Waals surface area contributed by atoms with Gasteiger partial charge in [0, 0.05) is 30.9 Å². The van der Waals surface area contributed by atoms with Crippen molar-refractivity contribution in [2.24, 2.45) is 0 Å². The van der Waals surface area contributed by atoms with Crippen LogP contribution in [0.4, 0.5) is 5.69 Å². The van der Waals surface area contributed by atoms with E-state index in [1.54, 1.807) is 23.1 Å². The van der Waals surface area contributed by atoms with Gasteiger partial charge in [-0.3, -0.25) is 4.79 Å². The highest BCUT2D eigenvalue weighted by molar-refractivity contribution is 7.97. The number of hydrogen-bond acceptors (Lipinski definition) is 5. The predicted molar refractivity (Wildman–Crippen MR) is 105 cm³/mol. The number of nitrogens with zero attached hydrogens (tertiary/aromatic N) is 2. The zero-order valence-electron chi connectivity index (χ0n) is 15.3. The van der Waals surface area contributed by atoms with Crippen LogP contribution in [0, 0.1) is 0 Å². The maximum atomic E-state index is 13.4. The first-order valence-corrected chi connectivity index (χ1v) is 10.9. The van der Waals surface area contributed by atoms with Crippen LogP contribution in [0.3, 0.4) is 0 Å². The minimum absolute atomic E-state index is 0.104. The summed E-state index contributed by atoms with van der Waals surface area (Å²) in [6, 6.07) is 14.9. The van der Waals surface area contributed by atoms with Gasteiger partial charge in [-0.05, 0) is 24.1 Å². The Morgan fingerprint density at radius 3 is 2.46 bits per heavy atom. The summed E-state index contributed by atoms with van der Waals surface area (Å²) in [5, 5.41) is 0. The Hall–Kier alpha value is -2.64. The van der Waals surface area contributed by atoms with Crippen LogP contribution in [-0.2, 0) is 25.8 Å². The smallest absolute Gasteiger partial charge is 0.268 e. The molecular formula is C21H20N2O4S. The van der Waals surface area contributed by atoms with Crippen molar-refractivity contribution >= 4 is 27.1 Å². The average Bonchev–Trinajstić information content (AvgIpc) is 3.25. The monoisotopic (exact) mass is 396 g/mol. The van der Waals surface area contributed by atoms with Crippen LogP contribution in [0.25, 0.3) is 5.70 Å². The van der Waals surface area contributed by atoms with E-state index in [0.29, 0.717) is 44.1 Å². The number of fused-ring (bicyclic) bond motifs is 2. The molecule has 6 nitrogen and oxygen atoms in total. The fourth-order valence-electron chi connectivity index (χ4n) is 4.22. The van der Waals surface area contributed by atoms with Crippen LogP contribution < -0.4 is 4.90 Å². The van der Waals surface area contributed by atoms with Gasteiger partial charge in [0.05, 0.1) is 23.8 Å². The lowest BCUT2D eigenvalue weighted by atomic mass is 10.1. The minimum atomic E-state index is -3.88. The van der Waals surface area contributed by atoms with Crippen molar-refractivity contribution in [3.63, 3.8) is 0 Å². The fourth-order valence-corrected chi connectivity index (χ4v) is 5.99. The van der Waals surface area contributed by atoms with E-state index >= 15 is 0 Å². The van der Waals surface area contributed by atoms with Gasteiger partial charge in [-0.15, -0.1) is 0 Å². The molecule has 3 aliphatic heterocycles. The molecule has 1 saturated heterocycles. The summed E-state index contributed by atoms with van der Waals surface area (Å²) in [5.74, 6) is -0.432. The molecule has 0 unspecified atom stereocenters. The summed E-state index contributed by atoms with van der Waals surface area (Å²) < 4.78 is 32.1. The van der Waals surface area contributed by atoms with Crippen molar-refractivity contribution in [1.29, 1.82) is 0 Å². The largest absolute Gasteiger partial charge is 0.378 e. The van der Waals surface area contributed by atoms with Gasteiger partial charge >= 0.3 is 0 Å². The first kappa shape index (κ1) is 17.5. The van der Waals surface area contributed by atoms with E-state index in [2.05, 4.69) is 6.07 Å². The average molecular weight is 396 g/mol. The Bertz CT molecular complexity index is 1100. The standard InChI is InChI=1S/C21H20N2O4S/c24-21(22-11-13-27-14-12-22)20-19(16-6-2-4-8-18(16)28(20,25)26)23-10-9-15-5-1-3-7-17(15)23/h1-8H,9-14H2. The second kappa shape index (κ2) is 6.46. The number of carbonyl (C=O) groups is 1. The molecule has 0 radical (unpaired) electrons. The van der Waals surface area contributed by atoms with Crippen molar-refractivity contribution in [1.82, 2.24) is 4.90 Å². The lowest BCUT2D eigenvalue weighted by Crippen LogP contribution is -2.42. The normalized spacial score (nSPS) is 20.3. The van der Waals surface area contributed by atoms with Crippen LogP contribution in [-0.4, -0.2) is 52.1 Å². The third-order valence-electron chi connectivity index (χ3n) is 5.57. The highest BCUT2D eigenvalue weighted by atomic mass is 32.2. The molecule has 2 aromatic carbocycles. The number of ether oxygens (including phenoxy) is 1. The van der Waals surface area contributed by atoms with Gasteiger partial charge in [0.15, 0.2) is 4.91 Å². The van der Waals surface area contributed by atoms with Gasteiger partial charge in [-0.1, -0.05) is 36.4 Å². The number of amides is 1. The summed E-state index contributed by atoms with van der Waals surface area (Å²) in [7, 11) is -3.88. The highest BCUT2D eigenvalue weighted by Gasteiger charge is 2.44. The molecule has 144 valence electrons. The summed E-state index contributed by atoms with van der Waals surface area (Å²) in [4.78, 5) is 17.1. The zero-order chi connectivity index (χ0) is 19.3. The number of rotatable bonds is 2. The van der Waals surface area contributed by atoms with Gasteiger partial charge in [0.25, 0.3) is 5.91 Å². The number of hydrogen-bond donors (Lipinski definition) is 0. The van der Waals surface area contributed by atoms with Crippen LogP contribution in [0.2, 0.25) is 0 Å². The van der Waals surface area contributed by atoms with Crippen molar-refractivity contribution in [2.75, 3.05) is 37.7 Å². The summed E-state index contributed by atoms with van der Waals surface area (Å²) >= 11 is 0. The molecule has 3 aliphatic rings. The second-order valence-corrected chi connectivity index (χ2v) is 8.97. The van der Waals surface area contributed by atoms with E-state index in [1.165, 1.54) is 0 Å². The van der Waals surface area contributed by atoms with Crippen molar-refractivity contribution in [2.45, 2.75) is 11.3 Å². The minimum Gasteiger partial charge on any atom is -0.378 e. The Balaban J connectivity index is 1.72. The van der Waals surface area contributed by atoms with E-state index < -0.39 is 15.7 Å². The molecule has 28 heavy (non-hydrogen) atoms. The van der Waals surface area contributed by atoms with Gasteiger partial charge in [0.2, 0.25) is 9.84 Å². The van der Waals surface area contributed by atoms with E-state index in [-0.39, 0.29) is 9.80 Å². The highest BCUT2D eigenvalue weighted by Crippen LogP contribution is 2.45. The molecule has 1 amide bonds. The van der Waals surface area contributed by atoms with E-state index in [9.17, 15) is 13.2 Å². The molecule has 0 N–H and O–H groups in total. The quantitative estimate of drug-likeness (QED) is 0.777. The zero-order valence-corrected chi connectivity index (χ0v) is 16.1. The second-order valence-electron chi connectivity index (χ2n) is 7.11. The van der Waals surface area contributed by atoms with Gasteiger partial charge in [-0.25, -0.2) is 8.42 Å². The number of anilines is 1. The Morgan fingerprint density at radius 1 is 0.929 bits per heavy atom. The van der Waals surface area contributed by atoms with Crippen LogP contribution in [0.5, 0.6) is 0 Å². The van der Waals surface area contributed by atoms with E-state index in [0.717, 1.165) is 17.7 Å². The number of sulfone groups is 1. The Morgan fingerprint density at radius 2 is 1.64 bits per heavy atom. The Labute approximate surface area is 163 Å². The number of morpholine rings is 1. The number of benzene rings is 2. The first-order chi connectivity index (χ1) is 13.6. The van der Waals surface area contributed by atoms with E-state index in [1.807, 2.05) is 29.2 Å². The summed E-state index contributed by atoms with van der Waals surface area (Å²) in [6.07, 6.45) is 0.820. The van der Waals surface area contributed by atoms with Crippen molar-refractivity contribution in [3.8, 4) is 0 Å². The molecular weight excluding hydrogens is 376 g/mol. The Kier molecular flexibility index (Phi) is 4.03. The fraction of sp³-hybridized carbons (Fsp3) is 0.286. The first-order valence-electron chi connectivity index (χ1n) is 9.40. The summed E-state index contributed by atoms with van der Waals surface area (Å²) in [5.41, 5.74) is 3.25. The van der Waals surface area contributed by atoms with Crippen molar-refractivity contribution in [3.05, 3.63) is 64.6 Å². The van der Waals surface area contributed by atoms with E-state index in [4.69, 9.17) is 4.74 Å². The SMILES string of the molecule is O=C(C1=C(N2CCc3ccccc32)c2ccccc2S1(=O)=O)N1CCOCC1. The third-order valence-corrected chi connectivity index (χ3v) is 7.41. The molecule has 0 bridgehead atoms. The molecule has 7 heteroatoms. The molecule has 0 spiro atoms. The molecule has 2 aromatic rings. The summed E-state index contributed by atoms with van der Waals surface area (Å²) in [6.45, 7) is 2.30. The molecule has 0 atom stereocenters. The molecule has 1 fully saturated rings. The number of para-hydroxylation sites is 1. The van der Waals surface area contributed by atoms with Gasteiger partial charge in [0.1, 0.15) is 0 Å². The predicted octanol–water partition coefficient (Wildman–Crippen LogP) is 2.06. The maximum Gasteiger partial charge on any atom is 0.268 e. The molecule has 5 rings (SSSR count). The third kappa shape index (κ3) is 2.50. The lowest BCUT2D eigenvalue weighted by Gasteiger charge is -2.28. The van der Waals surface area contributed by atoms with Crippen LogP contribution >= 0.6 is 0 Å². The van der Waals surface area contributed by atoms with Crippen LogP contribution in [0.1, 0.15) is 11.1 Å². The van der Waals surface area contributed by atoms with Gasteiger partial charge in [-0.2, -0.15) is 0 Å². The van der Waals surface area contributed by atoms with Crippen LogP contribution in [0.15, 0.2) is 58.3 Å². The molecule has 0 aromatic heterocycles. The molecule has 0 saturated carbocycles. The maximum absolute atomic E-state index is 13.4. The topological polar surface area (TPSA) is 66.9 Å².